The van der Waals surface area contributed by atoms with E-state index >= 15 is 0 Å². The Hall–Kier alpha value is -1.74. The van der Waals surface area contributed by atoms with Gasteiger partial charge in [-0.2, -0.15) is 18.4 Å². The van der Waals surface area contributed by atoms with Crippen molar-refractivity contribution in [3.05, 3.63) is 29.3 Å². The van der Waals surface area contributed by atoms with Gasteiger partial charge in [-0.25, -0.2) is 0 Å². The summed E-state index contributed by atoms with van der Waals surface area (Å²) in [4.78, 5) is 2.24. The van der Waals surface area contributed by atoms with Crippen LogP contribution in [0.5, 0.6) is 0 Å². The second-order valence-electron chi connectivity index (χ2n) is 5.38. The SMILES string of the molecule is CN1CCCCC1CNc1ccc(C(F)(F)F)cc1C#N. The molecule has 1 aliphatic heterocycles. The van der Waals surface area contributed by atoms with E-state index in [-0.39, 0.29) is 5.56 Å². The van der Waals surface area contributed by atoms with Crippen molar-refractivity contribution in [1.29, 1.82) is 5.26 Å². The van der Waals surface area contributed by atoms with Crippen LogP contribution in [0, 0.1) is 11.3 Å². The molecule has 0 aromatic heterocycles. The minimum absolute atomic E-state index is 0.0308. The summed E-state index contributed by atoms with van der Waals surface area (Å²) in [5.74, 6) is 0. The Balaban J connectivity index is 2.08. The van der Waals surface area contributed by atoms with Crippen LogP contribution in [-0.4, -0.2) is 31.1 Å². The van der Waals surface area contributed by atoms with E-state index in [1.54, 1.807) is 0 Å². The largest absolute Gasteiger partial charge is 0.416 e. The predicted octanol–water partition coefficient (Wildman–Crippen LogP) is 3.47. The number of halogens is 3. The Labute approximate surface area is 122 Å². The molecule has 1 unspecified atom stereocenters. The number of likely N-dealkylation sites (tertiary alicyclic amines) is 1. The third-order valence-electron chi connectivity index (χ3n) is 3.92. The van der Waals surface area contributed by atoms with Gasteiger partial charge in [0.05, 0.1) is 16.8 Å². The lowest BCUT2D eigenvalue weighted by atomic mass is 10.0. The minimum atomic E-state index is -4.42. The first kappa shape index (κ1) is 15.6. The zero-order valence-corrected chi connectivity index (χ0v) is 11.9. The molecule has 6 heteroatoms. The summed E-state index contributed by atoms with van der Waals surface area (Å²) in [5, 5.41) is 12.1. The Morgan fingerprint density at radius 2 is 2.14 bits per heavy atom. The molecule has 1 aromatic rings. The Morgan fingerprint density at radius 1 is 1.38 bits per heavy atom. The molecule has 1 N–H and O–H groups in total. The van der Waals surface area contributed by atoms with E-state index in [0.29, 0.717) is 18.3 Å². The number of nitriles is 1. The fourth-order valence-electron chi connectivity index (χ4n) is 2.60. The molecular formula is C15H18F3N3. The van der Waals surface area contributed by atoms with Crippen molar-refractivity contribution < 1.29 is 13.2 Å². The number of anilines is 1. The fraction of sp³-hybridized carbons (Fsp3) is 0.533. The third-order valence-corrected chi connectivity index (χ3v) is 3.92. The smallest absolute Gasteiger partial charge is 0.382 e. The molecule has 1 fully saturated rings. The summed E-state index contributed by atoms with van der Waals surface area (Å²) in [6.45, 7) is 1.67. The highest BCUT2D eigenvalue weighted by atomic mass is 19.4. The van der Waals surface area contributed by atoms with Crippen molar-refractivity contribution in [2.45, 2.75) is 31.5 Å². The fourth-order valence-corrected chi connectivity index (χ4v) is 2.60. The molecule has 0 aliphatic carbocycles. The van der Waals surface area contributed by atoms with Gasteiger partial charge in [-0.3, -0.25) is 0 Å². The number of hydrogen-bond acceptors (Lipinski definition) is 3. The van der Waals surface area contributed by atoms with Crippen molar-refractivity contribution in [3.8, 4) is 6.07 Å². The van der Waals surface area contributed by atoms with Gasteiger partial charge in [0.15, 0.2) is 0 Å². The number of likely N-dealkylation sites (N-methyl/N-ethyl adjacent to an activating group) is 1. The van der Waals surface area contributed by atoms with Gasteiger partial charge in [-0.1, -0.05) is 6.42 Å². The van der Waals surface area contributed by atoms with E-state index in [1.807, 2.05) is 13.1 Å². The number of piperidine rings is 1. The second kappa shape index (κ2) is 6.35. The summed E-state index contributed by atoms with van der Waals surface area (Å²) >= 11 is 0. The minimum Gasteiger partial charge on any atom is -0.382 e. The van der Waals surface area contributed by atoms with Gasteiger partial charge in [0, 0.05) is 12.6 Å². The van der Waals surface area contributed by atoms with E-state index in [4.69, 9.17) is 5.26 Å². The molecule has 0 bridgehead atoms. The molecular weight excluding hydrogens is 279 g/mol. The molecule has 1 atom stereocenters. The summed E-state index contributed by atoms with van der Waals surface area (Å²) in [5.41, 5.74) is -0.299. The lowest BCUT2D eigenvalue weighted by molar-refractivity contribution is -0.137. The van der Waals surface area contributed by atoms with Crippen molar-refractivity contribution >= 4 is 5.69 Å². The van der Waals surface area contributed by atoms with Gasteiger partial charge >= 0.3 is 6.18 Å². The van der Waals surface area contributed by atoms with E-state index in [0.717, 1.165) is 31.5 Å². The first-order chi connectivity index (χ1) is 9.91. The second-order valence-corrected chi connectivity index (χ2v) is 5.38. The number of nitrogens with one attached hydrogen (secondary N) is 1. The molecule has 114 valence electrons. The number of alkyl halides is 3. The first-order valence-electron chi connectivity index (χ1n) is 6.97. The average Bonchev–Trinajstić information content (AvgIpc) is 2.45. The van der Waals surface area contributed by atoms with Crippen LogP contribution in [0.3, 0.4) is 0 Å². The van der Waals surface area contributed by atoms with E-state index in [9.17, 15) is 13.2 Å². The standard InChI is InChI=1S/C15H18F3N3/c1-21-7-3-2-4-13(21)10-20-14-6-5-12(15(16,17)18)8-11(14)9-19/h5-6,8,13,20H,2-4,7,10H2,1H3. The van der Waals surface area contributed by atoms with Crippen LogP contribution in [-0.2, 0) is 6.18 Å². The highest BCUT2D eigenvalue weighted by Crippen LogP contribution is 2.31. The van der Waals surface area contributed by atoms with E-state index in [2.05, 4.69) is 10.2 Å². The highest BCUT2D eigenvalue weighted by molar-refractivity contribution is 5.59. The number of nitrogens with zero attached hydrogens (tertiary/aromatic N) is 2. The van der Waals surface area contributed by atoms with E-state index < -0.39 is 11.7 Å². The Morgan fingerprint density at radius 3 is 2.76 bits per heavy atom. The first-order valence-corrected chi connectivity index (χ1v) is 6.97. The van der Waals surface area contributed by atoms with Crippen LogP contribution in [0.15, 0.2) is 18.2 Å². The van der Waals surface area contributed by atoms with Crippen LogP contribution >= 0.6 is 0 Å². The van der Waals surface area contributed by atoms with Gasteiger partial charge in [0.25, 0.3) is 0 Å². The summed E-state index contributed by atoms with van der Waals surface area (Å²) in [6.07, 6.45) is -1.02. The van der Waals surface area contributed by atoms with Gasteiger partial charge in [0.2, 0.25) is 0 Å². The molecule has 1 heterocycles. The van der Waals surface area contributed by atoms with Crippen molar-refractivity contribution in [2.24, 2.45) is 0 Å². The average molecular weight is 297 g/mol. The molecule has 1 aliphatic rings. The van der Waals surface area contributed by atoms with Gasteiger partial charge in [-0.05, 0) is 44.6 Å². The normalized spacial score (nSPS) is 20.0. The maximum Gasteiger partial charge on any atom is 0.416 e. The van der Waals surface area contributed by atoms with Crippen LogP contribution in [0.2, 0.25) is 0 Å². The maximum atomic E-state index is 12.6. The number of hydrogen-bond donors (Lipinski definition) is 1. The van der Waals surface area contributed by atoms with Crippen molar-refractivity contribution in [1.82, 2.24) is 4.90 Å². The highest BCUT2D eigenvalue weighted by Gasteiger charge is 2.31. The molecule has 2 rings (SSSR count). The number of rotatable bonds is 3. The predicted molar refractivity (Wildman–Crippen MR) is 74.9 cm³/mol. The van der Waals surface area contributed by atoms with Gasteiger partial charge < -0.3 is 10.2 Å². The Bertz CT molecular complexity index is 534. The molecule has 1 saturated heterocycles. The molecule has 3 nitrogen and oxygen atoms in total. The molecule has 0 radical (unpaired) electrons. The van der Waals surface area contributed by atoms with Crippen LogP contribution < -0.4 is 5.32 Å². The van der Waals surface area contributed by atoms with Crippen LogP contribution in [0.4, 0.5) is 18.9 Å². The molecule has 0 spiro atoms. The monoisotopic (exact) mass is 297 g/mol. The van der Waals surface area contributed by atoms with Gasteiger partial charge in [0.1, 0.15) is 6.07 Å². The third kappa shape index (κ3) is 3.88. The van der Waals surface area contributed by atoms with Crippen LogP contribution in [0.1, 0.15) is 30.4 Å². The molecule has 21 heavy (non-hydrogen) atoms. The quantitative estimate of drug-likeness (QED) is 0.928. The zero-order chi connectivity index (χ0) is 15.5. The van der Waals surface area contributed by atoms with E-state index in [1.165, 1.54) is 12.5 Å². The number of benzene rings is 1. The van der Waals surface area contributed by atoms with Gasteiger partial charge in [-0.15, -0.1) is 0 Å². The summed E-state index contributed by atoms with van der Waals surface area (Å²) in [7, 11) is 2.05. The Kier molecular flexibility index (Phi) is 4.73. The zero-order valence-electron chi connectivity index (χ0n) is 11.9. The lowest BCUT2D eigenvalue weighted by Crippen LogP contribution is -2.40. The van der Waals surface area contributed by atoms with Crippen LogP contribution in [0.25, 0.3) is 0 Å². The van der Waals surface area contributed by atoms with Crippen molar-refractivity contribution in [2.75, 3.05) is 25.5 Å². The maximum absolute atomic E-state index is 12.6. The molecule has 0 saturated carbocycles. The lowest BCUT2D eigenvalue weighted by Gasteiger charge is -2.32. The summed E-state index contributed by atoms with van der Waals surface area (Å²) in [6, 6.07) is 5.43. The topological polar surface area (TPSA) is 39.1 Å². The van der Waals surface area contributed by atoms with Crippen molar-refractivity contribution in [3.63, 3.8) is 0 Å². The molecule has 0 amide bonds. The summed E-state index contributed by atoms with van der Waals surface area (Å²) < 4.78 is 37.9. The molecule has 1 aromatic carbocycles.